The van der Waals surface area contributed by atoms with Gasteiger partial charge in [0.25, 0.3) is 0 Å². The van der Waals surface area contributed by atoms with E-state index in [2.05, 4.69) is 30.9 Å². The molecule has 0 bridgehead atoms. The van der Waals surface area contributed by atoms with E-state index >= 15 is 0 Å². The molecule has 4 unspecified atom stereocenters. The molecule has 0 aromatic carbocycles. The van der Waals surface area contributed by atoms with Crippen molar-refractivity contribution in [1.82, 2.24) is 4.90 Å². The molecule has 1 fully saturated rings. The minimum Gasteiger partial charge on any atom is -0.298 e. The summed E-state index contributed by atoms with van der Waals surface area (Å²) in [6.45, 7) is 8.07. The molecule has 18 heavy (non-hydrogen) atoms. The third-order valence-electron chi connectivity index (χ3n) is 4.27. The lowest BCUT2D eigenvalue weighted by Gasteiger charge is -2.40. The van der Waals surface area contributed by atoms with Gasteiger partial charge in [-0.1, -0.05) is 20.3 Å². The van der Waals surface area contributed by atoms with Crippen LogP contribution >= 0.6 is 0 Å². The van der Waals surface area contributed by atoms with E-state index in [1.807, 2.05) is 6.92 Å². The molecule has 1 aliphatic carbocycles. The normalized spacial score (nSPS) is 29.6. The molecule has 3 nitrogen and oxygen atoms in total. The van der Waals surface area contributed by atoms with Crippen LogP contribution in [0.5, 0.6) is 0 Å². The second-order valence-corrected chi connectivity index (χ2v) is 5.51. The van der Waals surface area contributed by atoms with Crippen molar-refractivity contribution in [2.75, 3.05) is 13.1 Å². The van der Waals surface area contributed by atoms with Crippen molar-refractivity contribution in [3.05, 3.63) is 0 Å². The Hall–Kier alpha value is -1.06. The van der Waals surface area contributed by atoms with Crippen molar-refractivity contribution in [2.45, 2.75) is 52.5 Å². The highest BCUT2D eigenvalue weighted by Crippen LogP contribution is 2.34. The first-order valence-electron chi connectivity index (χ1n) is 7.19. The number of rotatable bonds is 5. The first-order chi connectivity index (χ1) is 8.65. The van der Waals surface area contributed by atoms with Crippen LogP contribution in [-0.4, -0.2) is 24.0 Å². The summed E-state index contributed by atoms with van der Waals surface area (Å²) < 4.78 is 0. The van der Waals surface area contributed by atoms with Gasteiger partial charge < -0.3 is 0 Å². The van der Waals surface area contributed by atoms with Gasteiger partial charge in [0.15, 0.2) is 0 Å². The van der Waals surface area contributed by atoms with Gasteiger partial charge in [-0.15, -0.1) is 0 Å². The molecule has 4 atom stereocenters. The van der Waals surface area contributed by atoms with Crippen LogP contribution in [0.15, 0.2) is 0 Å². The fraction of sp³-hybridized carbons (Fsp3) is 0.867. The molecule has 0 aliphatic heterocycles. The highest BCUT2D eigenvalue weighted by Gasteiger charge is 2.33. The van der Waals surface area contributed by atoms with E-state index in [9.17, 15) is 5.26 Å². The van der Waals surface area contributed by atoms with Gasteiger partial charge in [0.1, 0.15) is 0 Å². The third-order valence-corrected chi connectivity index (χ3v) is 4.27. The third kappa shape index (κ3) is 3.72. The van der Waals surface area contributed by atoms with Crippen LogP contribution in [0.2, 0.25) is 0 Å². The van der Waals surface area contributed by atoms with E-state index in [4.69, 9.17) is 5.26 Å². The number of nitriles is 2. The fourth-order valence-corrected chi connectivity index (χ4v) is 3.05. The van der Waals surface area contributed by atoms with E-state index < -0.39 is 0 Å². The standard InChI is InChI=1S/C15H25N3/c1-4-13-6-7-14(10-17)15(8-13)18(5-2)11-12(3)9-16/h12-15H,4-8,11H2,1-3H3. The van der Waals surface area contributed by atoms with Crippen LogP contribution in [0, 0.1) is 40.4 Å². The van der Waals surface area contributed by atoms with Gasteiger partial charge in [0, 0.05) is 12.6 Å². The number of hydrogen-bond donors (Lipinski definition) is 0. The smallest absolute Gasteiger partial charge is 0.0672 e. The topological polar surface area (TPSA) is 50.8 Å². The molecule has 1 rings (SSSR count). The van der Waals surface area contributed by atoms with Gasteiger partial charge in [0.05, 0.1) is 24.0 Å². The Morgan fingerprint density at radius 3 is 2.50 bits per heavy atom. The summed E-state index contributed by atoms with van der Waals surface area (Å²) in [7, 11) is 0. The first-order valence-corrected chi connectivity index (χ1v) is 7.19. The predicted molar refractivity (Wildman–Crippen MR) is 72.5 cm³/mol. The molecular weight excluding hydrogens is 222 g/mol. The summed E-state index contributed by atoms with van der Waals surface area (Å²) in [6.07, 6.45) is 4.55. The van der Waals surface area contributed by atoms with E-state index in [0.29, 0.717) is 6.04 Å². The quantitative estimate of drug-likeness (QED) is 0.749. The lowest BCUT2D eigenvalue weighted by atomic mass is 9.77. The van der Waals surface area contributed by atoms with Crippen LogP contribution in [0.4, 0.5) is 0 Å². The molecule has 0 N–H and O–H groups in total. The summed E-state index contributed by atoms with van der Waals surface area (Å²) in [5.41, 5.74) is 0. The minimum absolute atomic E-state index is 0.0475. The Morgan fingerprint density at radius 2 is 2.00 bits per heavy atom. The van der Waals surface area contributed by atoms with Crippen LogP contribution in [-0.2, 0) is 0 Å². The monoisotopic (exact) mass is 247 g/mol. The Kier molecular flexibility index (Phi) is 6.16. The molecular formula is C15H25N3. The van der Waals surface area contributed by atoms with Gasteiger partial charge in [0.2, 0.25) is 0 Å². The summed E-state index contributed by atoms with van der Waals surface area (Å²) in [5, 5.41) is 18.3. The van der Waals surface area contributed by atoms with Crippen molar-refractivity contribution in [2.24, 2.45) is 17.8 Å². The highest BCUT2D eigenvalue weighted by molar-refractivity contribution is 4.98. The summed E-state index contributed by atoms with van der Waals surface area (Å²) in [6, 6.07) is 5.14. The molecule has 1 saturated carbocycles. The second-order valence-electron chi connectivity index (χ2n) is 5.51. The maximum atomic E-state index is 9.31. The minimum atomic E-state index is 0.0475. The van der Waals surface area contributed by atoms with E-state index in [1.165, 1.54) is 12.8 Å². The molecule has 100 valence electrons. The molecule has 0 heterocycles. The zero-order valence-electron chi connectivity index (χ0n) is 11.9. The van der Waals surface area contributed by atoms with Crippen LogP contribution in [0.25, 0.3) is 0 Å². The second kappa shape index (κ2) is 7.39. The van der Waals surface area contributed by atoms with Crippen molar-refractivity contribution >= 4 is 0 Å². The first kappa shape index (κ1) is 15.0. The van der Waals surface area contributed by atoms with Crippen molar-refractivity contribution in [3.8, 4) is 12.1 Å². The summed E-state index contributed by atoms with van der Waals surface area (Å²) >= 11 is 0. The molecule has 0 spiro atoms. The molecule has 0 saturated heterocycles. The lowest BCUT2D eigenvalue weighted by molar-refractivity contribution is 0.0974. The van der Waals surface area contributed by atoms with Gasteiger partial charge in [-0.3, -0.25) is 4.90 Å². The molecule has 1 aliphatic rings. The highest BCUT2D eigenvalue weighted by atomic mass is 15.2. The Morgan fingerprint density at radius 1 is 1.28 bits per heavy atom. The fourth-order valence-electron chi connectivity index (χ4n) is 3.05. The van der Waals surface area contributed by atoms with Gasteiger partial charge in [-0.2, -0.15) is 10.5 Å². The Balaban J connectivity index is 2.73. The van der Waals surface area contributed by atoms with Gasteiger partial charge in [-0.05, 0) is 38.6 Å². The van der Waals surface area contributed by atoms with Crippen molar-refractivity contribution in [3.63, 3.8) is 0 Å². The number of hydrogen-bond acceptors (Lipinski definition) is 3. The van der Waals surface area contributed by atoms with Crippen LogP contribution in [0.1, 0.15) is 46.5 Å². The summed E-state index contributed by atoms with van der Waals surface area (Å²) in [5.74, 6) is 0.955. The van der Waals surface area contributed by atoms with E-state index in [-0.39, 0.29) is 11.8 Å². The van der Waals surface area contributed by atoms with Crippen molar-refractivity contribution in [1.29, 1.82) is 10.5 Å². The largest absolute Gasteiger partial charge is 0.298 e. The van der Waals surface area contributed by atoms with Crippen LogP contribution < -0.4 is 0 Å². The number of nitrogens with zero attached hydrogens (tertiary/aromatic N) is 3. The lowest BCUT2D eigenvalue weighted by Crippen LogP contribution is -2.45. The SMILES string of the molecule is CCC1CCC(C#N)C(N(CC)CC(C)C#N)C1. The zero-order valence-corrected chi connectivity index (χ0v) is 11.9. The molecule has 0 radical (unpaired) electrons. The van der Waals surface area contributed by atoms with E-state index in [1.54, 1.807) is 0 Å². The van der Waals surface area contributed by atoms with Crippen LogP contribution in [0.3, 0.4) is 0 Å². The molecule has 0 aromatic heterocycles. The molecule has 0 aromatic rings. The van der Waals surface area contributed by atoms with Gasteiger partial charge in [-0.25, -0.2) is 0 Å². The Labute approximate surface area is 111 Å². The molecule has 0 amide bonds. The predicted octanol–water partition coefficient (Wildman–Crippen LogP) is 3.19. The molecule has 3 heteroatoms. The Bertz CT molecular complexity index is 326. The zero-order chi connectivity index (χ0) is 13.5. The summed E-state index contributed by atoms with van der Waals surface area (Å²) in [4.78, 5) is 2.35. The maximum absolute atomic E-state index is 9.31. The van der Waals surface area contributed by atoms with Crippen molar-refractivity contribution < 1.29 is 0 Å². The average molecular weight is 247 g/mol. The van der Waals surface area contributed by atoms with Gasteiger partial charge >= 0.3 is 0 Å². The maximum Gasteiger partial charge on any atom is 0.0672 e. The average Bonchev–Trinajstić information content (AvgIpc) is 2.43. The van der Waals surface area contributed by atoms with E-state index in [0.717, 1.165) is 31.8 Å².